The zero-order chi connectivity index (χ0) is 17.1. The second-order valence-electron chi connectivity index (χ2n) is 5.45. The third-order valence-electron chi connectivity index (χ3n) is 3.64. The first kappa shape index (κ1) is 16.7. The van der Waals surface area contributed by atoms with E-state index < -0.39 is 4.92 Å². The molecule has 2 aromatic rings. The molecule has 0 saturated carbocycles. The largest absolute Gasteiger partial charge is 0.482 e. The van der Waals surface area contributed by atoms with Crippen molar-refractivity contribution in [2.45, 2.75) is 19.1 Å². The second-order valence-corrected chi connectivity index (χ2v) is 6.36. The molecule has 24 heavy (non-hydrogen) atoms. The summed E-state index contributed by atoms with van der Waals surface area (Å²) in [7, 11) is 0. The standard InChI is InChI=1S/C16H16BrN3O4/c1-10(13-4-2-3-5-18-13)24-15-7-11(17)6-14(20(21)22)16(15)19-12-8-23-9-12/h2-7,10,12,19H,8-9H2,1H3/t10-/m1/s1. The molecule has 1 aromatic heterocycles. The number of nitro groups is 1. The fourth-order valence-corrected chi connectivity index (χ4v) is 2.77. The van der Waals surface area contributed by atoms with Crippen molar-refractivity contribution in [1.29, 1.82) is 0 Å². The van der Waals surface area contributed by atoms with Gasteiger partial charge in [-0.2, -0.15) is 0 Å². The number of anilines is 1. The van der Waals surface area contributed by atoms with Crippen molar-refractivity contribution < 1.29 is 14.4 Å². The van der Waals surface area contributed by atoms with Crippen LogP contribution in [-0.2, 0) is 4.74 Å². The van der Waals surface area contributed by atoms with E-state index in [1.807, 2.05) is 25.1 Å². The third kappa shape index (κ3) is 3.65. The number of aromatic nitrogens is 1. The Labute approximate surface area is 147 Å². The van der Waals surface area contributed by atoms with Gasteiger partial charge in [0.25, 0.3) is 5.69 Å². The average Bonchev–Trinajstić information content (AvgIpc) is 2.52. The van der Waals surface area contributed by atoms with Crippen molar-refractivity contribution >= 4 is 27.3 Å². The van der Waals surface area contributed by atoms with Gasteiger partial charge in [-0.05, 0) is 25.1 Å². The van der Waals surface area contributed by atoms with Crippen molar-refractivity contribution in [3.8, 4) is 5.75 Å². The van der Waals surface area contributed by atoms with Crippen LogP contribution in [0, 0.1) is 10.1 Å². The third-order valence-corrected chi connectivity index (χ3v) is 4.10. The fourth-order valence-electron chi connectivity index (χ4n) is 2.34. The van der Waals surface area contributed by atoms with E-state index in [4.69, 9.17) is 9.47 Å². The minimum Gasteiger partial charge on any atom is -0.482 e. The minimum absolute atomic E-state index is 0.0392. The number of pyridine rings is 1. The molecular weight excluding hydrogens is 378 g/mol. The Hall–Kier alpha value is -2.19. The predicted octanol–water partition coefficient (Wildman–Crippen LogP) is 3.70. The maximum Gasteiger partial charge on any atom is 0.297 e. The van der Waals surface area contributed by atoms with Gasteiger partial charge in [0, 0.05) is 16.7 Å². The van der Waals surface area contributed by atoms with Crippen LogP contribution in [0.1, 0.15) is 18.7 Å². The Morgan fingerprint density at radius 3 is 2.83 bits per heavy atom. The van der Waals surface area contributed by atoms with E-state index in [0.29, 0.717) is 29.1 Å². The summed E-state index contributed by atoms with van der Waals surface area (Å²) in [6.45, 7) is 2.89. The van der Waals surface area contributed by atoms with Gasteiger partial charge in [-0.25, -0.2) is 0 Å². The molecule has 2 heterocycles. The molecule has 1 N–H and O–H groups in total. The van der Waals surface area contributed by atoms with Crippen molar-refractivity contribution in [2.75, 3.05) is 18.5 Å². The van der Waals surface area contributed by atoms with Gasteiger partial charge in [-0.1, -0.05) is 22.0 Å². The van der Waals surface area contributed by atoms with Gasteiger partial charge in [0.1, 0.15) is 6.10 Å². The van der Waals surface area contributed by atoms with Gasteiger partial charge in [-0.3, -0.25) is 15.1 Å². The predicted molar refractivity (Wildman–Crippen MR) is 92.3 cm³/mol. The number of hydrogen-bond acceptors (Lipinski definition) is 6. The number of hydrogen-bond donors (Lipinski definition) is 1. The summed E-state index contributed by atoms with van der Waals surface area (Å²) in [6.07, 6.45) is 1.34. The first-order valence-corrected chi connectivity index (χ1v) is 8.23. The normalized spacial score (nSPS) is 15.4. The van der Waals surface area contributed by atoms with Crippen molar-refractivity contribution in [3.05, 3.63) is 56.8 Å². The molecule has 126 valence electrons. The molecular formula is C16H16BrN3O4. The summed E-state index contributed by atoms with van der Waals surface area (Å²) in [5.41, 5.74) is 1.07. The van der Waals surface area contributed by atoms with Crippen molar-refractivity contribution in [1.82, 2.24) is 4.98 Å². The maximum absolute atomic E-state index is 11.4. The van der Waals surface area contributed by atoms with Crippen LogP contribution in [-0.4, -0.2) is 29.2 Å². The van der Waals surface area contributed by atoms with Crippen LogP contribution < -0.4 is 10.1 Å². The molecule has 1 atom stereocenters. The Balaban J connectivity index is 1.93. The molecule has 0 spiro atoms. The number of rotatable bonds is 6. The van der Waals surface area contributed by atoms with Crippen LogP contribution in [0.2, 0.25) is 0 Å². The van der Waals surface area contributed by atoms with E-state index in [1.54, 1.807) is 12.3 Å². The van der Waals surface area contributed by atoms with Crippen LogP contribution in [0.25, 0.3) is 0 Å². The van der Waals surface area contributed by atoms with E-state index in [-0.39, 0.29) is 17.8 Å². The molecule has 1 fully saturated rings. The lowest BCUT2D eigenvalue weighted by Crippen LogP contribution is -2.40. The Kier molecular flexibility index (Phi) is 4.96. The highest BCUT2D eigenvalue weighted by Gasteiger charge is 2.27. The molecule has 8 heteroatoms. The van der Waals surface area contributed by atoms with E-state index in [9.17, 15) is 10.1 Å². The average molecular weight is 394 g/mol. The molecule has 3 rings (SSSR count). The van der Waals surface area contributed by atoms with Crippen LogP contribution in [0.15, 0.2) is 41.0 Å². The number of nitrogens with one attached hydrogen (secondary N) is 1. The molecule has 1 aliphatic rings. The fraction of sp³-hybridized carbons (Fsp3) is 0.312. The zero-order valence-corrected chi connectivity index (χ0v) is 14.5. The Bertz CT molecular complexity index is 738. The molecule has 1 aromatic carbocycles. The van der Waals surface area contributed by atoms with Gasteiger partial charge in [-0.15, -0.1) is 0 Å². The topological polar surface area (TPSA) is 86.5 Å². The summed E-state index contributed by atoms with van der Waals surface area (Å²) in [5.74, 6) is 0.404. The first-order chi connectivity index (χ1) is 11.5. The summed E-state index contributed by atoms with van der Waals surface area (Å²) >= 11 is 3.31. The number of nitrogens with zero attached hydrogens (tertiary/aromatic N) is 2. The SMILES string of the molecule is C[C@@H](Oc1cc(Br)cc([N+](=O)[O-])c1NC1COC1)c1ccccn1. The van der Waals surface area contributed by atoms with Gasteiger partial charge >= 0.3 is 0 Å². The molecule has 0 amide bonds. The van der Waals surface area contributed by atoms with E-state index in [1.165, 1.54) is 6.07 Å². The van der Waals surface area contributed by atoms with Crippen molar-refractivity contribution in [3.63, 3.8) is 0 Å². The number of nitro benzene ring substituents is 1. The van der Waals surface area contributed by atoms with Gasteiger partial charge < -0.3 is 14.8 Å². The van der Waals surface area contributed by atoms with Crippen LogP contribution >= 0.6 is 15.9 Å². The van der Waals surface area contributed by atoms with Gasteiger partial charge in [0.05, 0.1) is 29.9 Å². The highest BCUT2D eigenvalue weighted by atomic mass is 79.9. The summed E-state index contributed by atoms with van der Waals surface area (Å²) < 4.78 is 11.7. The number of halogens is 1. The van der Waals surface area contributed by atoms with Gasteiger partial charge in [0.15, 0.2) is 11.4 Å². The molecule has 0 radical (unpaired) electrons. The van der Waals surface area contributed by atoms with Crippen molar-refractivity contribution in [2.24, 2.45) is 0 Å². The lowest BCUT2D eigenvalue weighted by atomic mass is 10.2. The zero-order valence-electron chi connectivity index (χ0n) is 12.9. The van der Waals surface area contributed by atoms with E-state index >= 15 is 0 Å². The first-order valence-electron chi connectivity index (χ1n) is 7.44. The Morgan fingerprint density at radius 2 is 2.25 bits per heavy atom. The molecule has 0 unspecified atom stereocenters. The van der Waals surface area contributed by atoms with Crippen LogP contribution in [0.3, 0.4) is 0 Å². The highest BCUT2D eigenvalue weighted by molar-refractivity contribution is 9.10. The molecule has 7 nitrogen and oxygen atoms in total. The van der Waals surface area contributed by atoms with E-state index in [0.717, 1.165) is 5.69 Å². The smallest absolute Gasteiger partial charge is 0.297 e. The van der Waals surface area contributed by atoms with E-state index in [2.05, 4.69) is 26.2 Å². The molecule has 1 aliphatic heterocycles. The molecule has 1 saturated heterocycles. The Morgan fingerprint density at radius 1 is 1.46 bits per heavy atom. The van der Waals surface area contributed by atoms with Crippen LogP contribution in [0.4, 0.5) is 11.4 Å². The summed E-state index contributed by atoms with van der Waals surface area (Å²) in [5, 5.41) is 14.6. The maximum atomic E-state index is 11.4. The number of benzene rings is 1. The second kappa shape index (κ2) is 7.14. The minimum atomic E-state index is -0.426. The monoisotopic (exact) mass is 393 g/mol. The lowest BCUT2D eigenvalue weighted by molar-refractivity contribution is -0.384. The van der Waals surface area contributed by atoms with Gasteiger partial charge in [0.2, 0.25) is 0 Å². The lowest BCUT2D eigenvalue weighted by Gasteiger charge is -2.29. The highest BCUT2D eigenvalue weighted by Crippen LogP contribution is 2.40. The summed E-state index contributed by atoms with van der Waals surface area (Å²) in [6, 6.07) is 8.76. The number of ether oxygens (including phenoxy) is 2. The molecule has 0 aliphatic carbocycles. The van der Waals surface area contributed by atoms with Crippen LogP contribution in [0.5, 0.6) is 5.75 Å². The summed E-state index contributed by atoms with van der Waals surface area (Å²) in [4.78, 5) is 15.3. The quantitative estimate of drug-likeness (QED) is 0.594. The molecule has 0 bridgehead atoms.